The Hall–Kier alpha value is -1.47. The molecule has 0 aromatic heterocycles. The third kappa shape index (κ3) is 6.91. The van der Waals surface area contributed by atoms with Gasteiger partial charge < -0.3 is 15.0 Å². The maximum Gasteiger partial charge on any atom is 0.422 e. The predicted molar refractivity (Wildman–Crippen MR) is 48.7 cm³/mol. The van der Waals surface area contributed by atoms with E-state index in [1.807, 2.05) is 0 Å². The Morgan fingerprint density at radius 3 is 2.38 bits per heavy atom. The van der Waals surface area contributed by atoms with Crippen LogP contribution in [0.2, 0.25) is 0 Å². The number of nitrogens with zero attached hydrogens (tertiary/aromatic N) is 1. The van der Waals surface area contributed by atoms with Gasteiger partial charge in [-0.15, -0.1) is 0 Å². The largest absolute Gasteiger partial charge is 0.440 e. The first-order valence-electron chi connectivity index (χ1n) is 4.47. The van der Waals surface area contributed by atoms with Crippen molar-refractivity contribution >= 4 is 12.0 Å². The highest BCUT2D eigenvalue weighted by molar-refractivity contribution is 5.81. The highest BCUT2D eigenvalue weighted by Crippen LogP contribution is 2.14. The molecule has 0 aliphatic carbocycles. The van der Waals surface area contributed by atoms with Crippen LogP contribution >= 0.6 is 0 Å². The third-order valence-electron chi connectivity index (χ3n) is 1.43. The van der Waals surface area contributed by atoms with Gasteiger partial charge in [-0.05, 0) is 6.92 Å². The van der Waals surface area contributed by atoms with Gasteiger partial charge in [-0.3, -0.25) is 4.79 Å². The van der Waals surface area contributed by atoms with Gasteiger partial charge in [0, 0.05) is 13.6 Å². The van der Waals surface area contributed by atoms with Crippen LogP contribution in [0.25, 0.3) is 0 Å². The number of carbonyl (C=O) groups excluding carboxylic acids is 2. The van der Waals surface area contributed by atoms with E-state index in [1.165, 1.54) is 7.05 Å². The van der Waals surface area contributed by atoms with Gasteiger partial charge in [0.15, 0.2) is 6.61 Å². The second-order valence-electron chi connectivity index (χ2n) is 2.98. The highest BCUT2D eigenvalue weighted by atomic mass is 19.4. The number of alkyl halides is 3. The van der Waals surface area contributed by atoms with E-state index in [4.69, 9.17) is 0 Å². The average Bonchev–Trinajstić information content (AvgIpc) is 2.13. The van der Waals surface area contributed by atoms with Crippen LogP contribution < -0.4 is 5.32 Å². The van der Waals surface area contributed by atoms with E-state index in [0.29, 0.717) is 6.54 Å². The zero-order valence-corrected chi connectivity index (χ0v) is 8.93. The molecule has 0 radical (unpaired) electrons. The third-order valence-corrected chi connectivity index (χ3v) is 1.43. The molecule has 0 aromatic rings. The summed E-state index contributed by atoms with van der Waals surface area (Å²) in [5, 5.41) is 2.39. The molecule has 94 valence electrons. The van der Waals surface area contributed by atoms with E-state index in [9.17, 15) is 22.8 Å². The van der Waals surface area contributed by atoms with Crippen molar-refractivity contribution in [3.63, 3.8) is 0 Å². The lowest BCUT2D eigenvalue weighted by Gasteiger charge is -2.16. The van der Waals surface area contributed by atoms with Crippen molar-refractivity contribution in [2.45, 2.75) is 13.1 Å². The summed E-state index contributed by atoms with van der Waals surface area (Å²) in [5.74, 6) is -0.464. The van der Waals surface area contributed by atoms with Crippen molar-refractivity contribution in [2.24, 2.45) is 0 Å². The second kappa shape index (κ2) is 6.19. The summed E-state index contributed by atoms with van der Waals surface area (Å²) in [7, 11) is 1.17. The first-order chi connectivity index (χ1) is 7.26. The maximum absolute atomic E-state index is 11.7. The van der Waals surface area contributed by atoms with Crippen molar-refractivity contribution in [3.8, 4) is 0 Å². The summed E-state index contributed by atoms with van der Waals surface area (Å²) >= 11 is 0. The molecule has 0 fully saturated rings. The van der Waals surface area contributed by atoms with Crippen LogP contribution in [0.1, 0.15) is 6.92 Å². The Morgan fingerprint density at radius 1 is 1.38 bits per heavy atom. The van der Waals surface area contributed by atoms with Gasteiger partial charge in [0.1, 0.15) is 6.54 Å². The summed E-state index contributed by atoms with van der Waals surface area (Å²) in [5.41, 5.74) is 0. The number of ether oxygens (including phenoxy) is 1. The predicted octanol–water partition coefficient (Wildman–Crippen LogP) is 0.753. The first kappa shape index (κ1) is 14.5. The van der Waals surface area contributed by atoms with E-state index in [0.717, 1.165) is 4.90 Å². The zero-order chi connectivity index (χ0) is 12.8. The Bertz CT molecular complexity index is 255. The molecule has 0 saturated heterocycles. The highest BCUT2D eigenvalue weighted by Gasteiger charge is 2.30. The molecule has 0 bridgehead atoms. The van der Waals surface area contributed by atoms with Gasteiger partial charge in [-0.1, -0.05) is 0 Å². The SMILES string of the molecule is CCNC(=O)CN(C)C(=O)OCC(F)(F)F. The maximum atomic E-state index is 11.7. The summed E-state index contributed by atoms with van der Waals surface area (Å²) < 4.78 is 39.0. The zero-order valence-electron chi connectivity index (χ0n) is 8.93. The fraction of sp³-hybridized carbons (Fsp3) is 0.750. The van der Waals surface area contributed by atoms with Crippen molar-refractivity contribution < 1.29 is 27.5 Å². The fourth-order valence-electron chi connectivity index (χ4n) is 0.787. The number of amides is 2. The number of carbonyl (C=O) groups is 2. The van der Waals surface area contributed by atoms with Crippen LogP contribution in [-0.4, -0.2) is 49.8 Å². The lowest BCUT2D eigenvalue weighted by atomic mass is 10.5. The molecule has 16 heavy (non-hydrogen) atoms. The average molecular weight is 242 g/mol. The van der Waals surface area contributed by atoms with Crippen molar-refractivity contribution in [3.05, 3.63) is 0 Å². The molecule has 0 aliphatic rings. The van der Waals surface area contributed by atoms with Gasteiger partial charge in [0.25, 0.3) is 0 Å². The number of nitrogens with one attached hydrogen (secondary N) is 1. The number of hydrogen-bond acceptors (Lipinski definition) is 3. The molecule has 0 atom stereocenters. The van der Waals surface area contributed by atoms with Crippen LogP contribution in [0, 0.1) is 0 Å². The number of hydrogen-bond donors (Lipinski definition) is 1. The smallest absolute Gasteiger partial charge is 0.422 e. The number of rotatable bonds is 4. The summed E-state index contributed by atoms with van der Waals surface area (Å²) in [6, 6.07) is 0. The molecule has 5 nitrogen and oxygen atoms in total. The lowest BCUT2D eigenvalue weighted by molar-refractivity contribution is -0.162. The van der Waals surface area contributed by atoms with Crippen LogP contribution in [0.3, 0.4) is 0 Å². The Morgan fingerprint density at radius 2 is 1.94 bits per heavy atom. The first-order valence-corrected chi connectivity index (χ1v) is 4.47. The number of likely N-dealkylation sites (N-methyl/N-ethyl adjacent to an activating group) is 2. The van der Waals surface area contributed by atoms with Gasteiger partial charge in [0.05, 0.1) is 0 Å². The van der Waals surface area contributed by atoms with Crippen LogP contribution in [0.4, 0.5) is 18.0 Å². The molecule has 1 N–H and O–H groups in total. The van der Waals surface area contributed by atoms with Gasteiger partial charge in [0.2, 0.25) is 5.91 Å². The number of halogens is 3. The normalized spacial score (nSPS) is 10.8. The molecule has 0 spiro atoms. The quantitative estimate of drug-likeness (QED) is 0.791. The summed E-state index contributed by atoms with van der Waals surface area (Å²) in [6.45, 7) is 0.0558. The van der Waals surface area contributed by atoms with Gasteiger partial charge in [-0.2, -0.15) is 13.2 Å². The van der Waals surface area contributed by atoms with E-state index in [1.54, 1.807) is 6.92 Å². The Balaban J connectivity index is 3.95. The molecule has 0 aromatic carbocycles. The Kier molecular flexibility index (Phi) is 5.62. The van der Waals surface area contributed by atoms with Crippen LogP contribution in [0.15, 0.2) is 0 Å². The van der Waals surface area contributed by atoms with E-state index >= 15 is 0 Å². The second-order valence-corrected chi connectivity index (χ2v) is 2.98. The van der Waals surface area contributed by atoms with Crippen molar-refractivity contribution in [1.29, 1.82) is 0 Å². The minimum atomic E-state index is -4.57. The minimum absolute atomic E-state index is 0.343. The van der Waals surface area contributed by atoms with E-state index < -0.39 is 24.8 Å². The lowest BCUT2D eigenvalue weighted by Crippen LogP contribution is -2.39. The Labute approximate surface area is 90.5 Å². The van der Waals surface area contributed by atoms with Crippen LogP contribution in [-0.2, 0) is 9.53 Å². The summed E-state index contributed by atoms with van der Waals surface area (Å²) in [4.78, 5) is 22.7. The van der Waals surface area contributed by atoms with Gasteiger partial charge >= 0.3 is 12.3 Å². The fourth-order valence-corrected chi connectivity index (χ4v) is 0.787. The van der Waals surface area contributed by atoms with E-state index in [-0.39, 0.29) is 6.54 Å². The minimum Gasteiger partial charge on any atom is -0.440 e. The molecule has 0 heterocycles. The van der Waals surface area contributed by atoms with Crippen LogP contribution in [0.5, 0.6) is 0 Å². The molecule has 0 saturated carbocycles. The molecular formula is C8H13F3N2O3. The molecule has 2 amide bonds. The van der Waals surface area contributed by atoms with Crippen molar-refractivity contribution in [1.82, 2.24) is 10.2 Å². The topological polar surface area (TPSA) is 58.6 Å². The monoisotopic (exact) mass is 242 g/mol. The summed E-state index contributed by atoms with van der Waals surface area (Å²) in [6.07, 6.45) is -5.76. The molecule has 0 unspecified atom stereocenters. The molecule has 0 aliphatic heterocycles. The molecular weight excluding hydrogens is 229 g/mol. The van der Waals surface area contributed by atoms with Gasteiger partial charge in [-0.25, -0.2) is 4.79 Å². The molecule has 0 rings (SSSR count). The molecule has 8 heteroatoms. The standard InChI is InChI=1S/C8H13F3N2O3/c1-3-12-6(14)4-13(2)7(15)16-5-8(9,10)11/h3-5H2,1-2H3,(H,12,14). The van der Waals surface area contributed by atoms with E-state index in [2.05, 4.69) is 10.1 Å². The van der Waals surface area contributed by atoms with Crippen molar-refractivity contribution in [2.75, 3.05) is 26.7 Å².